The summed E-state index contributed by atoms with van der Waals surface area (Å²) in [6.45, 7) is 6.57. The van der Waals surface area contributed by atoms with Gasteiger partial charge in [0.15, 0.2) is 5.78 Å². The molecule has 1 unspecified atom stereocenters. The van der Waals surface area contributed by atoms with Crippen LogP contribution < -0.4 is 15.5 Å². The fraction of sp³-hybridized carbons (Fsp3) is 0.556. The molecule has 0 bridgehead atoms. The van der Waals surface area contributed by atoms with Crippen molar-refractivity contribution in [3.63, 3.8) is 0 Å². The van der Waals surface area contributed by atoms with Crippen LogP contribution in [0.3, 0.4) is 0 Å². The molecular formula is C18H25N3O3. The maximum atomic E-state index is 12.6. The number of anilines is 2. The van der Waals surface area contributed by atoms with Gasteiger partial charge < -0.3 is 20.3 Å². The van der Waals surface area contributed by atoms with Gasteiger partial charge in [-0.15, -0.1) is 0 Å². The molecule has 2 heterocycles. The van der Waals surface area contributed by atoms with Crippen molar-refractivity contribution in [1.29, 1.82) is 0 Å². The van der Waals surface area contributed by atoms with Gasteiger partial charge in [-0.3, -0.25) is 9.59 Å². The topological polar surface area (TPSA) is 70.7 Å². The Balaban J connectivity index is 1.70. The van der Waals surface area contributed by atoms with Crippen LogP contribution in [0.5, 0.6) is 0 Å². The molecule has 0 saturated carbocycles. The first-order chi connectivity index (χ1) is 11.7. The van der Waals surface area contributed by atoms with Crippen molar-refractivity contribution in [2.75, 3.05) is 49.5 Å². The molecule has 6 heteroatoms. The third-order valence-corrected chi connectivity index (χ3v) is 4.59. The van der Waals surface area contributed by atoms with Gasteiger partial charge in [0, 0.05) is 49.7 Å². The minimum absolute atomic E-state index is 0.142. The Morgan fingerprint density at radius 3 is 2.88 bits per heavy atom. The standard InChI is InChI=1S/C18H25N3O3/c1-2-3-10-24-18(23)15-12-20-16-11-13(4-5-14(16)17(15)22)21-8-6-19-7-9-21/h4-5,11,15,19-20H,2-3,6-10,12H2,1H3. The maximum absolute atomic E-state index is 12.6. The number of nitrogens with zero attached hydrogens (tertiary/aromatic N) is 1. The van der Waals surface area contributed by atoms with Gasteiger partial charge in [-0.25, -0.2) is 0 Å². The number of Topliss-reactive ketones (excluding diaryl/α,β-unsaturated/α-hetero) is 1. The number of piperazine rings is 1. The highest BCUT2D eigenvalue weighted by molar-refractivity contribution is 6.13. The summed E-state index contributed by atoms with van der Waals surface area (Å²) in [5.74, 6) is -1.30. The lowest BCUT2D eigenvalue weighted by Gasteiger charge is -2.31. The molecule has 130 valence electrons. The zero-order valence-electron chi connectivity index (χ0n) is 14.1. The largest absolute Gasteiger partial charge is 0.465 e. The van der Waals surface area contributed by atoms with Gasteiger partial charge in [-0.1, -0.05) is 13.3 Å². The fourth-order valence-electron chi connectivity index (χ4n) is 3.11. The molecule has 1 atom stereocenters. The summed E-state index contributed by atoms with van der Waals surface area (Å²) >= 11 is 0. The van der Waals surface area contributed by atoms with Crippen molar-refractivity contribution in [2.45, 2.75) is 19.8 Å². The Morgan fingerprint density at radius 1 is 1.33 bits per heavy atom. The number of fused-ring (bicyclic) bond motifs is 1. The molecular weight excluding hydrogens is 306 g/mol. The normalized spacial score (nSPS) is 20.3. The molecule has 0 aliphatic carbocycles. The Kier molecular flexibility index (Phi) is 5.35. The van der Waals surface area contributed by atoms with Crippen LogP contribution >= 0.6 is 0 Å². The maximum Gasteiger partial charge on any atom is 0.318 e. The van der Waals surface area contributed by atoms with Gasteiger partial charge >= 0.3 is 5.97 Å². The van der Waals surface area contributed by atoms with Gasteiger partial charge in [-0.2, -0.15) is 0 Å². The summed E-state index contributed by atoms with van der Waals surface area (Å²) < 4.78 is 5.21. The molecule has 1 aromatic carbocycles. The smallest absolute Gasteiger partial charge is 0.318 e. The highest BCUT2D eigenvalue weighted by Crippen LogP contribution is 2.30. The number of benzene rings is 1. The average molecular weight is 331 g/mol. The molecule has 0 aromatic heterocycles. The monoisotopic (exact) mass is 331 g/mol. The molecule has 6 nitrogen and oxygen atoms in total. The molecule has 1 fully saturated rings. The zero-order chi connectivity index (χ0) is 16.9. The minimum Gasteiger partial charge on any atom is -0.465 e. The van der Waals surface area contributed by atoms with E-state index in [0.717, 1.165) is 50.4 Å². The second-order valence-electron chi connectivity index (χ2n) is 6.29. The number of carbonyl (C=O) groups excluding carboxylic acids is 2. The van der Waals surface area contributed by atoms with Crippen molar-refractivity contribution in [1.82, 2.24) is 5.32 Å². The number of carbonyl (C=O) groups is 2. The lowest BCUT2D eigenvalue weighted by molar-refractivity contribution is -0.146. The van der Waals surface area contributed by atoms with Crippen LogP contribution in [0.2, 0.25) is 0 Å². The molecule has 0 radical (unpaired) electrons. The number of esters is 1. The lowest BCUT2D eigenvalue weighted by atomic mass is 9.92. The molecule has 0 spiro atoms. The number of rotatable bonds is 5. The van der Waals surface area contributed by atoms with E-state index in [1.54, 1.807) is 0 Å². The summed E-state index contributed by atoms with van der Waals surface area (Å²) in [4.78, 5) is 27.0. The molecule has 24 heavy (non-hydrogen) atoms. The predicted molar refractivity (Wildman–Crippen MR) is 93.7 cm³/mol. The molecule has 2 N–H and O–H groups in total. The quantitative estimate of drug-likeness (QED) is 0.486. The van der Waals surface area contributed by atoms with E-state index in [0.29, 0.717) is 18.7 Å². The highest BCUT2D eigenvalue weighted by atomic mass is 16.5. The summed E-state index contributed by atoms with van der Waals surface area (Å²) in [5, 5.41) is 6.56. The molecule has 3 rings (SSSR count). The molecule has 1 saturated heterocycles. The molecule has 0 amide bonds. The van der Waals surface area contributed by atoms with Gasteiger partial charge in [0.25, 0.3) is 0 Å². The summed E-state index contributed by atoms with van der Waals surface area (Å²) in [7, 11) is 0. The van der Waals surface area contributed by atoms with Crippen LogP contribution in [-0.2, 0) is 9.53 Å². The Bertz CT molecular complexity index is 612. The first-order valence-corrected chi connectivity index (χ1v) is 8.75. The Labute approximate surface area is 142 Å². The van der Waals surface area contributed by atoms with Crippen LogP contribution in [0.25, 0.3) is 0 Å². The van der Waals surface area contributed by atoms with E-state index >= 15 is 0 Å². The number of nitrogens with one attached hydrogen (secondary N) is 2. The van der Waals surface area contributed by atoms with E-state index in [2.05, 4.69) is 15.5 Å². The lowest BCUT2D eigenvalue weighted by Crippen LogP contribution is -2.43. The van der Waals surface area contributed by atoms with Crippen molar-refractivity contribution in [3.8, 4) is 0 Å². The van der Waals surface area contributed by atoms with Crippen molar-refractivity contribution in [3.05, 3.63) is 23.8 Å². The van der Waals surface area contributed by atoms with Gasteiger partial charge in [0.05, 0.1) is 6.61 Å². The van der Waals surface area contributed by atoms with Crippen LogP contribution in [0, 0.1) is 5.92 Å². The predicted octanol–water partition coefficient (Wildman–Crippen LogP) is 1.66. The molecule has 2 aliphatic heterocycles. The summed E-state index contributed by atoms with van der Waals surface area (Å²) in [6.07, 6.45) is 1.78. The van der Waals surface area contributed by atoms with E-state index < -0.39 is 11.9 Å². The van der Waals surface area contributed by atoms with Crippen LogP contribution in [0.15, 0.2) is 18.2 Å². The third kappa shape index (κ3) is 3.53. The Hall–Kier alpha value is -2.08. The van der Waals surface area contributed by atoms with E-state index in [-0.39, 0.29) is 5.78 Å². The van der Waals surface area contributed by atoms with Crippen molar-refractivity contribution >= 4 is 23.1 Å². The van der Waals surface area contributed by atoms with Crippen LogP contribution in [-0.4, -0.2) is 51.1 Å². The fourth-order valence-corrected chi connectivity index (χ4v) is 3.11. The minimum atomic E-state index is -0.737. The van der Waals surface area contributed by atoms with E-state index in [1.165, 1.54) is 0 Å². The van der Waals surface area contributed by atoms with Gasteiger partial charge in [0.1, 0.15) is 5.92 Å². The first kappa shape index (κ1) is 16.8. The second-order valence-corrected chi connectivity index (χ2v) is 6.29. The van der Waals surface area contributed by atoms with Gasteiger partial charge in [-0.05, 0) is 24.6 Å². The van der Waals surface area contributed by atoms with Crippen molar-refractivity contribution in [2.24, 2.45) is 5.92 Å². The average Bonchev–Trinajstić information content (AvgIpc) is 2.62. The first-order valence-electron chi connectivity index (χ1n) is 8.75. The number of unbranched alkanes of at least 4 members (excludes halogenated alkanes) is 1. The number of ketones is 1. The Morgan fingerprint density at radius 2 is 2.12 bits per heavy atom. The van der Waals surface area contributed by atoms with Crippen LogP contribution in [0.4, 0.5) is 11.4 Å². The third-order valence-electron chi connectivity index (χ3n) is 4.59. The molecule has 2 aliphatic rings. The zero-order valence-corrected chi connectivity index (χ0v) is 14.1. The van der Waals surface area contributed by atoms with Crippen LogP contribution in [0.1, 0.15) is 30.1 Å². The highest BCUT2D eigenvalue weighted by Gasteiger charge is 2.34. The summed E-state index contributed by atoms with van der Waals surface area (Å²) in [6, 6.07) is 5.80. The van der Waals surface area contributed by atoms with Crippen molar-refractivity contribution < 1.29 is 14.3 Å². The van der Waals surface area contributed by atoms with E-state index in [9.17, 15) is 9.59 Å². The number of ether oxygens (including phenoxy) is 1. The summed E-state index contributed by atoms with van der Waals surface area (Å²) in [5.41, 5.74) is 2.51. The SMILES string of the molecule is CCCCOC(=O)C1CNc2cc(N3CCNCC3)ccc2C1=O. The number of hydrogen-bond donors (Lipinski definition) is 2. The van der Waals surface area contributed by atoms with E-state index in [4.69, 9.17) is 4.74 Å². The second kappa shape index (κ2) is 7.66. The van der Waals surface area contributed by atoms with E-state index in [1.807, 2.05) is 25.1 Å². The number of hydrogen-bond acceptors (Lipinski definition) is 6. The molecule has 1 aromatic rings. The van der Waals surface area contributed by atoms with Gasteiger partial charge in [0.2, 0.25) is 0 Å².